The average molecular weight is 378 g/mol. The molecule has 148 valence electrons. The lowest BCUT2D eigenvalue weighted by molar-refractivity contribution is 0.0112. The third-order valence-corrected chi connectivity index (χ3v) is 6.89. The predicted octanol–water partition coefficient (Wildman–Crippen LogP) is 4.30. The van der Waals surface area contributed by atoms with Gasteiger partial charge in [-0.3, -0.25) is 4.90 Å². The van der Waals surface area contributed by atoms with Gasteiger partial charge in [0.05, 0.1) is 6.61 Å². The van der Waals surface area contributed by atoms with E-state index in [-0.39, 0.29) is 12.0 Å². The summed E-state index contributed by atoms with van der Waals surface area (Å²) < 4.78 is 0. The first-order valence-corrected chi connectivity index (χ1v) is 10.6. The highest BCUT2D eigenvalue weighted by atomic mass is 16.3. The fraction of sp³-hybridized carbons (Fsp3) is 0.440. The topological polar surface area (TPSA) is 43.7 Å². The number of aromatic hydroxyl groups is 1. The van der Waals surface area contributed by atoms with Crippen LogP contribution in [0.25, 0.3) is 0 Å². The van der Waals surface area contributed by atoms with Crippen LogP contribution >= 0.6 is 0 Å². The summed E-state index contributed by atoms with van der Waals surface area (Å²) in [6.45, 7) is 2.26. The Morgan fingerprint density at radius 3 is 2.71 bits per heavy atom. The van der Waals surface area contributed by atoms with Crippen LogP contribution in [-0.2, 0) is 11.8 Å². The Labute approximate surface area is 168 Å². The van der Waals surface area contributed by atoms with E-state index in [2.05, 4.69) is 47.4 Å². The summed E-state index contributed by atoms with van der Waals surface area (Å²) >= 11 is 0. The van der Waals surface area contributed by atoms with E-state index < -0.39 is 0 Å². The Hall–Kier alpha value is -2.10. The largest absolute Gasteiger partial charge is 0.508 e. The maximum Gasteiger partial charge on any atom is 0.115 e. The molecule has 0 unspecified atom stereocenters. The number of phenolic OH excluding ortho intramolecular Hbond substituents is 1. The molecule has 0 spiro atoms. The number of aliphatic hydroxyl groups is 1. The van der Waals surface area contributed by atoms with Gasteiger partial charge in [0.15, 0.2) is 0 Å². The molecule has 0 radical (unpaired) electrons. The second-order valence-corrected chi connectivity index (χ2v) is 8.32. The van der Waals surface area contributed by atoms with Crippen molar-refractivity contribution >= 4 is 0 Å². The normalized spacial score (nSPS) is 27.9. The van der Waals surface area contributed by atoms with Crippen molar-refractivity contribution in [3.05, 3.63) is 77.9 Å². The van der Waals surface area contributed by atoms with Crippen molar-refractivity contribution in [3.63, 3.8) is 0 Å². The van der Waals surface area contributed by atoms with Crippen LogP contribution in [0.1, 0.15) is 36.8 Å². The SMILES string of the molecule is OC/C=C/[C@H]1[C@@H]2CCC[C@@]1(c1cccc(O)c1)CCN2CCc1ccccc1. The molecule has 1 saturated carbocycles. The Kier molecular flexibility index (Phi) is 5.84. The molecular weight excluding hydrogens is 346 g/mol. The minimum atomic E-state index is 0.0660. The van der Waals surface area contributed by atoms with Crippen molar-refractivity contribution < 1.29 is 10.2 Å². The number of rotatable bonds is 6. The molecule has 1 aliphatic carbocycles. The molecule has 2 aromatic carbocycles. The van der Waals surface area contributed by atoms with Crippen molar-refractivity contribution in [1.29, 1.82) is 0 Å². The average Bonchev–Trinajstić information content (AvgIpc) is 2.72. The molecule has 0 amide bonds. The molecule has 2 aromatic rings. The van der Waals surface area contributed by atoms with Crippen LogP contribution in [0.3, 0.4) is 0 Å². The molecular formula is C25H31NO2. The van der Waals surface area contributed by atoms with Gasteiger partial charge in [-0.2, -0.15) is 0 Å². The van der Waals surface area contributed by atoms with E-state index in [9.17, 15) is 10.2 Å². The first-order valence-electron chi connectivity index (χ1n) is 10.6. The standard InChI is InChI=1S/C25H31NO2/c27-18-6-11-23-24-12-5-14-25(23,21-9-4-10-22(28)19-21)15-17-26(24)16-13-20-7-2-1-3-8-20/h1-4,6-11,19,23-24,27-28H,5,12-18H2/b11-6+/t23-,24-,25-/m0/s1. The van der Waals surface area contributed by atoms with E-state index in [0.29, 0.717) is 17.7 Å². The molecule has 2 fully saturated rings. The first kappa shape index (κ1) is 19.2. The number of fused-ring (bicyclic) bond motifs is 2. The number of phenols is 1. The summed E-state index contributed by atoms with van der Waals surface area (Å²) in [6, 6.07) is 19.1. The molecule has 28 heavy (non-hydrogen) atoms. The molecule has 1 aliphatic heterocycles. The van der Waals surface area contributed by atoms with Gasteiger partial charge >= 0.3 is 0 Å². The zero-order valence-electron chi connectivity index (χ0n) is 16.5. The van der Waals surface area contributed by atoms with Gasteiger partial charge in [0.1, 0.15) is 5.75 Å². The highest BCUT2D eigenvalue weighted by Crippen LogP contribution is 2.52. The third-order valence-electron chi connectivity index (χ3n) is 6.89. The van der Waals surface area contributed by atoms with E-state index >= 15 is 0 Å². The van der Waals surface area contributed by atoms with E-state index in [4.69, 9.17) is 0 Å². The fourth-order valence-electron chi connectivity index (χ4n) is 5.56. The number of benzene rings is 2. The summed E-state index contributed by atoms with van der Waals surface area (Å²) in [4.78, 5) is 2.67. The van der Waals surface area contributed by atoms with Gasteiger partial charge in [0, 0.05) is 23.9 Å². The van der Waals surface area contributed by atoms with Gasteiger partial charge in [-0.05, 0) is 55.5 Å². The molecule has 3 nitrogen and oxygen atoms in total. The lowest BCUT2D eigenvalue weighted by Gasteiger charge is -2.56. The Morgan fingerprint density at radius 1 is 1.07 bits per heavy atom. The summed E-state index contributed by atoms with van der Waals surface area (Å²) in [5.74, 6) is 0.727. The van der Waals surface area contributed by atoms with E-state index in [1.54, 1.807) is 6.07 Å². The van der Waals surface area contributed by atoms with Crippen molar-refractivity contribution in [1.82, 2.24) is 4.90 Å². The van der Waals surface area contributed by atoms with Crippen LogP contribution in [0, 0.1) is 5.92 Å². The second-order valence-electron chi connectivity index (χ2n) is 8.32. The molecule has 3 atom stereocenters. The van der Waals surface area contributed by atoms with Gasteiger partial charge in [-0.25, -0.2) is 0 Å². The smallest absolute Gasteiger partial charge is 0.115 e. The minimum absolute atomic E-state index is 0.0660. The molecule has 4 rings (SSSR count). The van der Waals surface area contributed by atoms with Gasteiger partial charge < -0.3 is 10.2 Å². The lowest BCUT2D eigenvalue weighted by atomic mass is 9.56. The van der Waals surface area contributed by atoms with E-state index in [1.165, 1.54) is 24.0 Å². The van der Waals surface area contributed by atoms with Gasteiger partial charge in [0.2, 0.25) is 0 Å². The van der Waals surface area contributed by atoms with Crippen LogP contribution in [-0.4, -0.2) is 40.9 Å². The van der Waals surface area contributed by atoms with Gasteiger partial charge in [0.25, 0.3) is 0 Å². The number of aliphatic hydroxyl groups excluding tert-OH is 1. The first-order chi connectivity index (χ1) is 13.7. The quantitative estimate of drug-likeness (QED) is 0.738. The van der Waals surface area contributed by atoms with E-state index in [1.807, 2.05) is 18.2 Å². The van der Waals surface area contributed by atoms with Crippen molar-refractivity contribution in [2.75, 3.05) is 19.7 Å². The highest BCUT2D eigenvalue weighted by Gasteiger charge is 2.50. The molecule has 3 heteroatoms. The summed E-state index contributed by atoms with van der Waals surface area (Å²) in [6.07, 6.45) is 9.92. The molecule has 2 N–H and O–H groups in total. The molecule has 2 bridgehead atoms. The summed E-state index contributed by atoms with van der Waals surface area (Å²) in [7, 11) is 0. The monoisotopic (exact) mass is 377 g/mol. The number of hydrogen-bond acceptors (Lipinski definition) is 3. The Bertz CT molecular complexity index is 803. The zero-order chi connectivity index (χ0) is 19.4. The van der Waals surface area contributed by atoms with E-state index in [0.717, 1.165) is 32.4 Å². The van der Waals surface area contributed by atoms with Gasteiger partial charge in [-0.15, -0.1) is 0 Å². The molecule has 1 saturated heterocycles. The summed E-state index contributed by atoms with van der Waals surface area (Å²) in [5, 5.41) is 19.5. The number of likely N-dealkylation sites (tertiary alicyclic amines) is 1. The van der Waals surface area contributed by atoms with Crippen LogP contribution in [0.15, 0.2) is 66.7 Å². The Balaban J connectivity index is 1.60. The second kappa shape index (κ2) is 8.50. The van der Waals surface area contributed by atoms with Crippen LogP contribution < -0.4 is 0 Å². The fourth-order valence-corrected chi connectivity index (χ4v) is 5.56. The highest BCUT2D eigenvalue weighted by molar-refractivity contribution is 5.37. The number of nitrogens with zero attached hydrogens (tertiary/aromatic N) is 1. The number of piperidine rings is 1. The predicted molar refractivity (Wildman–Crippen MR) is 113 cm³/mol. The zero-order valence-corrected chi connectivity index (χ0v) is 16.5. The van der Waals surface area contributed by atoms with Crippen LogP contribution in [0.2, 0.25) is 0 Å². The molecule has 0 aromatic heterocycles. The number of hydrogen-bond donors (Lipinski definition) is 2. The van der Waals surface area contributed by atoms with Crippen LogP contribution in [0.5, 0.6) is 5.75 Å². The van der Waals surface area contributed by atoms with Crippen molar-refractivity contribution in [3.8, 4) is 5.75 Å². The maximum atomic E-state index is 10.1. The van der Waals surface area contributed by atoms with Crippen molar-refractivity contribution in [2.45, 2.75) is 43.6 Å². The minimum Gasteiger partial charge on any atom is -0.508 e. The molecule has 1 heterocycles. The van der Waals surface area contributed by atoms with Crippen LogP contribution in [0.4, 0.5) is 0 Å². The van der Waals surface area contributed by atoms with Crippen molar-refractivity contribution in [2.24, 2.45) is 5.92 Å². The third kappa shape index (κ3) is 3.74. The van der Waals surface area contributed by atoms with Gasteiger partial charge in [-0.1, -0.05) is 61.0 Å². The molecule has 2 aliphatic rings. The Morgan fingerprint density at radius 2 is 1.93 bits per heavy atom. The lowest BCUT2D eigenvalue weighted by Crippen LogP contribution is -2.58. The summed E-state index contributed by atoms with van der Waals surface area (Å²) in [5.41, 5.74) is 2.72. The maximum absolute atomic E-state index is 10.1.